The summed E-state index contributed by atoms with van der Waals surface area (Å²) in [5.41, 5.74) is 0.131. The lowest BCUT2D eigenvalue weighted by molar-refractivity contribution is -0.140. The van der Waals surface area contributed by atoms with Gasteiger partial charge in [0.15, 0.2) is 0 Å². The Morgan fingerprint density at radius 1 is 1.43 bits per heavy atom. The highest BCUT2D eigenvalue weighted by atomic mass is 32.2. The fraction of sp³-hybridized carbons (Fsp3) is 0.333. The second kappa shape index (κ2) is 5.34. The smallest absolute Gasteiger partial charge is 0.310 e. The number of sulfonamides is 1. The number of carbonyl (C=O) groups is 2. The van der Waals surface area contributed by atoms with Gasteiger partial charge in [0.05, 0.1) is 5.92 Å². The van der Waals surface area contributed by atoms with Crippen molar-refractivity contribution in [2.75, 3.05) is 0 Å². The summed E-state index contributed by atoms with van der Waals surface area (Å²) in [6.45, 7) is 0. The number of aromatic nitrogens is 1. The number of nitrogens with two attached hydrogens (primary N) is 1. The minimum Gasteiger partial charge on any atom is -0.481 e. The third-order valence-corrected chi connectivity index (χ3v) is 4.14. The van der Waals surface area contributed by atoms with E-state index < -0.39 is 33.9 Å². The first-order chi connectivity index (χ1) is 9.68. The highest BCUT2D eigenvalue weighted by Crippen LogP contribution is 2.19. The average molecular weight is 313 g/mol. The summed E-state index contributed by atoms with van der Waals surface area (Å²) in [5.74, 6) is -2.06. The van der Waals surface area contributed by atoms with E-state index >= 15 is 0 Å². The highest BCUT2D eigenvalue weighted by molar-refractivity contribution is 7.89. The van der Waals surface area contributed by atoms with E-state index in [0.29, 0.717) is 0 Å². The lowest BCUT2D eigenvalue weighted by atomic mass is 10.1. The number of carbonyl (C=O) groups excluding carboxylic acids is 1. The number of aliphatic carboxylic acids is 1. The Kier molecular flexibility index (Phi) is 3.88. The third kappa shape index (κ3) is 3.31. The van der Waals surface area contributed by atoms with E-state index in [0.717, 1.165) is 0 Å². The van der Waals surface area contributed by atoms with Gasteiger partial charge in [-0.1, -0.05) is 12.2 Å². The molecule has 21 heavy (non-hydrogen) atoms. The SMILES string of the molecule is Cn1cc(S(N)(=O)=O)cc1C(=O)NC1C=CC(C(=O)O)C1. The molecule has 2 rings (SSSR count). The van der Waals surface area contributed by atoms with E-state index in [1.165, 1.54) is 30.0 Å². The number of aryl methyl sites for hydroxylation is 1. The van der Waals surface area contributed by atoms with Crippen LogP contribution in [0.1, 0.15) is 16.9 Å². The molecule has 0 aromatic carbocycles. The summed E-state index contributed by atoms with van der Waals surface area (Å²) in [4.78, 5) is 22.8. The Balaban J connectivity index is 2.10. The minimum atomic E-state index is -3.88. The maximum Gasteiger partial charge on any atom is 0.310 e. The molecule has 8 nitrogen and oxygen atoms in total. The predicted molar refractivity (Wildman–Crippen MR) is 72.9 cm³/mol. The summed E-state index contributed by atoms with van der Waals surface area (Å²) < 4.78 is 23.8. The van der Waals surface area contributed by atoms with Crippen LogP contribution in [-0.4, -0.2) is 36.0 Å². The number of hydrogen-bond acceptors (Lipinski definition) is 4. The largest absolute Gasteiger partial charge is 0.481 e. The lowest BCUT2D eigenvalue weighted by Crippen LogP contribution is -2.34. The number of carboxylic acids is 1. The molecule has 0 saturated carbocycles. The van der Waals surface area contributed by atoms with Crippen molar-refractivity contribution in [2.24, 2.45) is 18.1 Å². The number of nitrogens with one attached hydrogen (secondary N) is 1. The van der Waals surface area contributed by atoms with Crippen molar-refractivity contribution in [3.8, 4) is 0 Å². The van der Waals surface area contributed by atoms with E-state index in [2.05, 4.69) is 5.32 Å². The van der Waals surface area contributed by atoms with Crippen LogP contribution < -0.4 is 10.5 Å². The van der Waals surface area contributed by atoms with E-state index in [4.69, 9.17) is 10.2 Å². The molecule has 1 aliphatic carbocycles. The van der Waals surface area contributed by atoms with Crippen LogP contribution in [0.2, 0.25) is 0 Å². The van der Waals surface area contributed by atoms with Crippen LogP contribution in [0.3, 0.4) is 0 Å². The molecule has 2 atom stereocenters. The number of rotatable bonds is 4. The molecule has 2 unspecified atom stereocenters. The topological polar surface area (TPSA) is 131 Å². The maximum absolute atomic E-state index is 12.1. The molecule has 1 amide bonds. The number of amides is 1. The molecular formula is C12H15N3O5S. The zero-order chi connectivity index (χ0) is 15.8. The summed E-state index contributed by atoms with van der Waals surface area (Å²) in [6.07, 6.45) is 4.65. The van der Waals surface area contributed by atoms with Crippen LogP contribution in [0, 0.1) is 5.92 Å². The van der Waals surface area contributed by atoms with E-state index in [-0.39, 0.29) is 17.0 Å². The van der Waals surface area contributed by atoms with Crippen molar-refractivity contribution >= 4 is 21.9 Å². The van der Waals surface area contributed by atoms with Gasteiger partial charge >= 0.3 is 5.97 Å². The Labute approximate surface area is 121 Å². The molecule has 0 saturated heterocycles. The van der Waals surface area contributed by atoms with Gasteiger partial charge in [-0.15, -0.1) is 0 Å². The normalized spacial score (nSPS) is 21.4. The quantitative estimate of drug-likeness (QED) is 0.641. The zero-order valence-electron chi connectivity index (χ0n) is 11.2. The summed E-state index contributed by atoms with van der Waals surface area (Å²) >= 11 is 0. The Bertz CT molecular complexity index is 719. The van der Waals surface area contributed by atoms with Crippen LogP contribution >= 0.6 is 0 Å². The number of nitrogens with zero attached hydrogens (tertiary/aromatic N) is 1. The number of hydrogen-bond donors (Lipinski definition) is 3. The van der Waals surface area contributed by atoms with E-state index in [1.807, 2.05) is 0 Å². The number of primary sulfonamides is 1. The molecule has 1 aromatic heterocycles. The van der Waals surface area contributed by atoms with Gasteiger partial charge in [0.1, 0.15) is 10.6 Å². The molecule has 9 heteroatoms. The Morgan fingerprint density at radius 2 is 2.10 bits per heavy atom. The second-order valence-corrected chi connectivity index (χ2v) is 6.42. The first-order valence-electron chi connectivity index (χ1n) is 6.09. The van der Waals surface area contributed by atoms with Crippen LogP contribution in [-0.2, 0) is 21.9 Å². The fourth-order valence-corrected chi connectivity index (χ4v) is 2.73. The summed E-state index contributed by atoms with van der Waals surface area (Å²) in [7, 11) is -2.36. The molecule has 0 bridgehead atoms. The standard InChI is InChI=1S/C12H15N3O5S/c1-15-6-9(21(13,19)20)5-10(15)11(16)14-8-3-2-7(4-8)12(17)18/h2-3,5-8H,4H2,1H3,(H,14,16)(H,17,18)(H2,13,19,20). The summed E-state index contributed by atoms with van der Waals surface area (Å²) in [6, 6.07) is 0.782. The minimum absolute atomic E-state index is 0.131. The first-order valence-corrected chi connectivity index (χ1v) is 7.64. The molecule has 4 N–H and O–H groups in total. The van der Waals surface area contributed by atoms with Gasteiger partial charge in [-0.2, -0.15) is 0 Å². The van der Waals surface area contributed by atoms with E-state index in [1.54, 1.807) is 6.08 Å². The van der Waals surface area contributed by atoms with Crippen LogP contribution in [0.25, 0.3) is 0 Å². The fourth-order valence-electron chi connectivity index (χ4n) is 2.15. The van der Waals surface area contributed by atoms with Crippen molar-refractivity contribution in [2.45, 2.75) is 17.4 Å². The average Bonchev–Trinajstić information content (AvgIpc) is 2.94. The molecular weight excluding hydrogens is 298 g/mol. The van der Waals surface area contributed by atoms with Gasteiger partial charge in [-0.25, -0.2) is 13.6 Å². The molecule has 0 spiro atoms. The third-order valence-electron chi connectivity index (χ3n) is 3.26. The zero-order valence-corrected chi connectivity index (χ0v) is 12.0. The van der Waals surface area contributed by atoms with Gasteiger partial charge in [0.2, 0.25) is 10.0 Å². The van der Waals surface area contributed by atoms with Crippen LogP contribution in [0.5, 0.6) is 0 Å². The van der Waals surface area contributed by atoms with Crippen molar-refractivity contribution in [1.29, 1.82) is 0 Å². The van der Waals surface area contributed by atoms with Gasteiger partial charge < -0.3 is 15.0 Å². The van der Waals surface area contributed by atoms with Crippen molar-refractivity contribution < 1.29 is 23.1 Å². The molecule has 1 aromatic rings. The Morgan fingerprint density at radius 3 is 2.57 bits per heavy atom. The summed E-state index contributed by atoms with van der Waals surface area (Å²) in [5, 5.41) is 16.5. The predicted octanol–water partition coefficient (Wildman–Crippen LogP) is -0.568. The Hall–Kier alpha value is -2.13. The van der Waals surface area contributed by atoms with Gasteiger partial charge in [0.25, 0.3) is 5.91 Å². The van der Waals surface area contributed by atoms with Crippen LogP contribution in [0.4, 0.5) is 0 Å². The molecule has 0 fully saturated rings. The molecule has 0 radical (unpaired) electrons. The molecule has 1 heterocycles. The van der Waals surface area contributed by atoms with Crippen LogP contribution in [0.15, 0.2) is 29.3 Å². The van der Waals surface area contributed by atoms with Crippen molar-refractivity contribution in [3.05, 3.63) is 30.1 Å². The van der Waals surface area contributed by atoms with Crippen molar-refractivity contribution in [1.82, 2.24) is 9.88 Å². The second-order valence-electron chi connectivity index (χ2n) is 4.86. The van der Waals surface area contributed by atoms with Gasteiger partial charge in [-0.05, 0) is 12.5 Å². The first kappa shape index (κ1) is 15.3. The molecule has 1 aliphatic rings. The lowest BCUT2D eigenvalue weighted by Gasteiger charge is -2.12. The highest BCUT2D eigenvalue weighted by Gasteiger charge is 2.26. The van der Waals surface area contributed by atoms with Gasteiger partial charge in [0, 0.05) is 19.3 Å². The monoisotopic (exact) mass is 313 g/mol. The van der Waals surface area contributed by atoms with Gasteiger partial charge in [-0.3, -0.25) is 9.59 Å². The molecule has 114 valence electrons. The molecule has 0 aliphatic heterocycles. The van der Waals surface area contributed by atoms with E-state index in [9.17, 15) is 18.0 Å². The number of carboxylic acid groups (broad SMARTS) is 1. The van der Waals surface area contributed by atoms with Crippen molar-refractivity contribution in [3.63, 3.8) is 0 Å². The maximum atomic E-state index is 12.1.